The quantitative estimate of drug-likeness (QED) is 0.863. The summed E-state index contributed by atoms with van der Waals surface area (Å²) in [6.07, 6.45) is -0.0909. The summed E-state index contributed by atoms with van der Waals surface area (Å²) in [6, 6.07) is 6.31. The molecule has 0 spiro atoms. The van der Waals surface area contributed by atoms with Crippen molar-refractivity contribution in [1.29, 1.82) is 0 Å². The highest BCUT2D eigenvalue weighted by Gasteiger charge is 2.36. The van der Waals surface area contributed by atoms with E-state index in [4.69, 9.17) is 0 Å². The monoisotopic (exact) mass is 294 g/mol. The molecular weight excluding hydrogens is 271 g/mol. The summed E-state index contributed by atoms with van der Waals surface area (Å²) in [7, 11) is 0. The molecule has 0 radical (unpaired) electrons. The summed E-state index contributed by atoms with van der Waals surface area (Å²) in [5.41, 5.74) is 0.791. The third kappa shape index (κ3) is 3.65. The van der Waals surface area contributed by atoms with E-state index in [0.717, 1.165) is 18.7 Å². The van der Waals surface area contributed by atoms with Crippen molar-refractivity contribution in [2.45, 2.75) is 33.2 Å². The minimum Gasteiger partial charge on any atom is -0.465 e. The molecule has 1 saturated heterocycles. The first kappa shape index (κ1) is 15.6. The van der Waals surface area contributed by atoms with Gasteiger partial charge in [-0.1, -0.05) is 20.8 Å². The molecule has 1 amide bonds. The second kappa shape index (κ2) is 5.92. The Hall–Kier alpha value is -1.78. The number of carbonyl (C=O) groups is 1. The summed E-state index contributed by atoms with van der Waals surface area (Å²) >= 11 is 0. The molecule has 0 bridgehead atoms. The van der Waals surface area contributed by atoms with Gasteiger partial charge in [0.1, 0.15) is 5.82 Å². The molecule has 0 aromatic heterocycles. The molecule has 1 aliphatic rings. The Morgan fingerprint density at radius 2 is 1.86 bits per heavy atom. The van der Waals surface area contributed by atoms with Crippen molar-refractivity contribution in [2.24, 2.45) is 5.41 Å². The van der Waals surface area contributed by atoms with Crippen LogP contribution in [0, 0.1) is 11.2 Å². The molecule has 2 rings (SSSR count). The van der Waals surface area contributed by atoms with Crippen LogP contribution in [-0.2, 0) is 0 Å². The van der Waals surface area contributed by atoms with Gasteiger partial charge >= 0.3 is 6.09 Å². The number of carboxylic acid groups (broad SMARTS) is 1. The highest BCUT2D eigenvalue weighted by molar-refractivity contribution is 5.66. The summed E-state index contributed by atoms with van der Waals surface area (Å²) in [5, 5.41) is 9.45. The molecule has 1 aromatic rings. The predicted molar refractivity (Wildman–Crippen MR) is 81.2 cm³/mol. The number of halogens is 1. The second-order valence-electron chi connectivity index (χ2n) is 6.63. The van der Waals surface area contributed by atoms with Gasteiger partial charge in [0.2, 0.25) is 0 Å². The number of rotatable bonds is 1. The summed E-state index contributed by atoms with van der Waals surface area (Å²) < 4.78 is 13.1. The van der Waals surface area contributed by atoms with E-state index in [9.17, 15) is 14.3 Å². The standard InChI is InChI=1S/C16H23FN2O2/c1-16(2,3)14-11-18(9-4-10-19(14)15(20)21)13-7-5-12(17)6-8-13/h5-8,14H,4,9-11H2,1-3H3,(H,20,21). The van der Waals surface area contributed by atoms with E-state index in [1.165, 1.54) is 12.1 Å². The van der Waals surface area contributed by atoms with Gasteiger partial charge in [-0.05, 0) is 36.1 Å². The van der Waals surface area contributed by atoms with Crippen LogP contribution in [0.3, 0.4) is 0 Å². The summed E-state index contributed by atoms with van der Waals surface area (Å²) in [6.45, 7) is 8.11. The van der Waals surface area contributed by atoms with Gasteiger partial charge in [0, 0.05) is 25.3 Å². The first-order valence-electron chi connectivity index (χ1n) is 7.29. The van der Waals surface area contributed by atoms with Crippen LogP contribution in [0.4, 0.5) is 14.9 Å². The molecule has 1 unspecified atom stereocenters. The van der Waals surface area contributed by atoms with Gasteiger partial charge < -0.3 is 14.9 Å². The van der Waals surface area contributed by atoms with Crippen LogP contribution >= 0.6 is 0 Å². The average molecular weight is 294 g/mol. The van der Waals surface area contributed by atoms with Gasteiger partial charge in [0.05, 0.1) is 6.04 Å². The molecule has 116 valence electrons. The van der Waals surface area contributed by atoms with E-state index in [1.807, 2.05) is 0 Å². The zero-order valence-corrected chi connectivity index (χ0v) is 12.8. The Morgan fingerprint density at radius 3 is 2.38 bits per heavy atom. The maximum absolute atomic E-state index is 13.1. The van der Waals surface area contributed by atoms with Crippen LogP contribution in [0.25, 0.3) is 0 Å². The Balaban J connectivity index is 2.26. The molecule has 5 heteroatoms. The molecule has 0 saturated carbocycles. The normalized spacial score (nSPS) is 20.3. The van der Waals surface area contributed by atoms with E-state index in [0.29, 0.717) is 13.1 Å². The lowest BCUT2D eigenvalue weighted by atomic mass is 9.85. The van der Waals surface area contributed by atoms with Crippen molar-refractivity contribution in [3.63, 3.8) is 0 Å². The van der Waals surface area contributed by atoms with Crippen LogP contribution in [0.15, 0.2) is 24.3 Å². The number of hydrogen-bond acceptors (Lipinski definition) is 2. The summed E-state index contributed by atoms with van der Waals surface area (Å²) in [4.78, 5) is 15.2. The zero-order chi connectivity index (χ0) is 15.6. The van der Waals surface area contributed by atoms with Gasteiger partial charge in [0.25, 0.3) is 0 Å². The minimum atomic E-state index is -0.865. The molecule has 0 aliphatic carbocycles. The highest BCUT2D eigenvalue weighted by Crippen LogP contribution is 2.29. The molecule has 1 atom stereocenters. The van der Waals surface area contributed by atoms with E-state index in [-0.39, 0.29) is 17.3 Å². The molecular formula is C16H23FN2O2. The van der Waals surface area contributed by atoms with E-state index in [1.54, 1.807) is 17.0 Å². The minimum absolute atomic E-state index is 0.0949. The topological polar surface area (TPSA) is 43.8 Å². The number of anilines is 1. The fraction of sp³-hybridized carbons (Fsp3) is 0.562. The predicted octanol–water partition coefficient (Wildman–Crippen LogP) is 3.43. The molecule has 1 fully saturated rings. The first-order valence-corrected chi connectivity index (χ1v) is 7.29. The third-order valence-electron chi connectivity index (χ3n) is 4.03. The molecule has 1 aliphatic heterocycles. The van der Waals surface area contributed by atoms with Crippen molar-refractivity contribution >= 4 is 11.8 Å². The SMILES string of the molecule is CC(C)(C)C1CN(c2ccc(F)cc2)CCCN1C(=O)O. The van der Waals surface area contributed by atoms with Crippen LogP contribution in [0.5, 0.6) is 0 Å². The third-order valence-corrected chi connectivity index (χ3v) is 4.03. The van der Waals surface area contributed by atoms with Crippen LogP contribution in [0.2, 0.25) is 0 Å². The fourth-order valence-corrected chi connectivity index (χ4v) is 2.84. The van der Waals surface area contributed by atoms with Crippen molar-refractivity contribution in [1.82, 2.24) is 4.90 Å². The number of amides is 1. The number of benzene rings is 1. The van der Waals surface area contributed by atoms with Gasteiger partial charge in [-0.25, -0.2) is 9.18 Å². The zero-order valence-electron chi connectivity index (χ0n) is 12.8. The van der Waals surface area contributed by atoms with Crippen LogP contribution in [-0.4, -0.2) is 41.8 Å². The summed E-state index contributed by atoms with van der Waals surface area (Å²) in [5.74, 6) is -0.256. The van der Waals surface area contributed by atoms with Crippen LogP contribution < -0.4 is 4.90 Å². The second-order valence-corrected chi connectivity index (χ2v) is 6.63. The smallest absolute Gasteiger partial charge is 0.407 e. The Morgan fingerprint density at radius 1 is 1.24 bits per heavy atom. The molecule has 1 aromatic carbocycles. The van der Waals surface area contributed by atoms with E-state index < -0.39 is 6.09 Å². The van der Waals surface area contributed by atoms with Gasteiger partial charge in [0.15, 0.2) is 0 Å². The maximum Gasteiger partial charge on any atom is 0.407 e. The van der Waals surface area contributed by atoms with Crippen molar-refractivity contribution in [3.8, 4) is 0 Å². The molecule has 1 N–H and O–H groups in total. The molecule has 4 nitrogen and oxygen atoms in total. The Kier molecular flexibility index (Phi) is 4.40. The first-order chi connectivity index (χ1) is 9.79. The van der Waals surface area contributed by atoms with E-state index in [2.05, 4.69) is 25.7 Å². The van der Waals surface area contributed by atoms with Gasteiger partial charge in [-0.15, -0.1) is 0 Å². The van der Waals surface area contributed by atoms with E-state index >= 15 is 0 Å². The lowest BCUT2D eigenvalue weighted by Gasteiger charge is -2.39. The highest BCUT2D eigenvalue weighted by atomic mass is 19.1. The van der Waals surface area contributed by atoms with Crippen molar-refractivity contribution in [3.05, 3.63) is 30.1 Å². The van der Waals surface area contributed by atoms with Crippen molar-refractivity contribution in [2.75, 3.05) is 24.5 Å². The van der Waals surface area contributed by atoms with Crippen molar-refractivity contribution < 1.29 is 14.3 Å². The van der Waals surface area contributed by atoms with Crippen LogP contribution in [0.1, 0.15) is 27.2 Å². The molecule has 21 heavy (non-hydrogen) atoms. The lowest BCUT2D eigenvalue weighted by Crippen LogP contribution is -2.51. The van der Waals surface area contributed by atoms with Gasteiger partial charge in [-0.3, -0.25) is 0 Å². The fourth-order valence-electron chi connectivity index (χ4n) is 2.84. The lowest BCUT2D eigenvalue weighted by molar-refractivity contribution is 0.0902. The largest absolute Gasteiger partial charge is 0.465 e. The van der Waals surface area contributed by atoms with Gasteiger partial charge in [-0.2, -0.15) is 0 Å². The molecule has 1 heterocycles. The maximum atomic E-state index is 13.1. The average Bonchev–Trinajstić information content (AvgIpc) is 2.62. The Bertz CT molecular complexity index is 496. The number of hydrogen-bond donors (Lipinski definition) is 1. The number of nitrogens with zero attached hydrogens (tertiary/aromatic N) is 2. The Labute approximate surface area is 125 Å².